The van der Waals surface area contributed by atoms with Crippen molar-refractivity contribution in [1.29, 1.82) is 0 Å². The van der Waals surface area contributed by atoms with Crippen LogP contribution in [0.3, 0.4) is 0 Å². The second-order valence-electron chi connectivity index (χ2n) is 7.23. The summed E-state index contributed by atoms with van der Waals surface area (Å²) in [5.41, 5.74) is 0.867. The minimum absolute atomic E-state index is 0.109. The Bertz CT molecular complexity index is 1270. The fourth-order valence-electron chi connectivity index (χ4n) is 3.90. The number of carboxylic acids is 1. The number of carboxylic acid groups (broad SMARTS) is 1. The summed E-state index contributed by atoms with van der Waals surface area (Å²) in [7, 11) is 0. The molecule has 0 aliphatic carbocycles. The number of aliphatic carboxylic acids is 1. The zero-order valence-corrected chi connectivity index (χ0v) is 17.3. The molecule has 3 aromatic rings. The number of carbonyl (C=O) groups excluding carboxylic acids is 1. The lowest BCUT2D eigenvalue weighted by Crippen LogP contribution is -2.49. The molecule has 30 heavy (non-hydrogen) atoms. The summed E-state index contributed by atoms with van der Waals surface area (Å²) in [4.78, 5) is 52.1. The van der Waals surface area contributed by atoms with Gasteiger partial charge in [-0.1, -0.05) is 46.3 Å². The largest absolute Gasteiger partial charge is 0.480 e. The van der Waals surface area contributed by atoms with Gasteiger partial charge in [0.25, 0.3) is 0 Å². The van der Waals surface area contributed by atoms with Gasteiger partial charge in [-0.05, 0) is 36.1 Å². The van der Waals surface area contributed by atoms with Crippen molar-refractivity contribution >= 4 is 38.8 Å². The quantitative estimate of drug-likeness (QED) is 0.489. The average Bonchev–Trinajstić information content (AvgIpc) is 2.71. The second kappa shape index (κ2) is 7.91. The maximum absolute atomic E-state index is 13.0. The van der Waals surface area contributed by atoms with Gasteiger partial charge in [0.15, 0.2) is 0 Å². The summed E-state index contributed by atoms with van der Waals surface area (Å²) in [6, 6.07) is 10.4. The summed E-state index contributed by atoms with van der Waals surface area (Å²) < 4.78 is 1.94. The molecule has 0 fully saturated rings. The number of benzene rings is 2. The minimum atomic E-state index is -1.17. The van der Waals surface area contributed by atoms with Gasteiger partial charge in [0.05, 0.1) is 11.0 Å². The van der Waals surface area contributed by atoms with E-state index in [1.165, 1.54) is 4.57 Å². The van der Waals surface area contributed by atoms with Crippen LogP contribution in [0, 0.1) is 0 Å². The van der Waals surface area contributed by atoms with E-state index in [1.54, 1.807) is 30.3 Å². The monoisotopic (exact) mass is 471 g/mol. The van der Waals surface area contributed by atoms with Crippen molar-refractivity contribution < 1.29 is 14.7 Å². The van der Waals surface area contributed by atoms with Crippen LogP contribution in [0.15, 0.2) is 56.5 Å². The second-order valence-corrected chi connectivity index (χ2v) is 8.15. The Morgan fingerprint density at radius 2 is 1.97 bits per heavy atom. The van der Waals surface area contributed by atoms with Crippen LogP contribution in [-0.4, -0.2) is 32.6 Å². The summed E-state index contributed by atoms with van der Waals surface area (Å²) in [5, 5.41) is 12.1. The molecule has 1 unspecified atom stereocenters. The molecule has 1 aliphatic heterocycles. The third-order valence-electron chi connectivity index (χ3n) is 5.25. The molecule has 0 saturated carbocycles. The topological polar surface area (TPSA) is 121 Å². The van der Waals surface area contributed by atoms with Gasteiger partial charge in [0, 0.05) is 10.9 Å². The van der Waals surface area contributed by atoms with E-state index >= 15 is 0 Å². The van der Waals surface area contributed by atoms with Crippen LogP contribution < -0.4 is 16.4 Å². The van der Waals surface area contributed by atoms with Crippen LogP contribution in [-0.2, 0) is 22.4 Å². The van der Waals surface area contributed by atoms with Gasteiger partial charge in [-0.3, -0.25) is 19.0 Å². The Morgan fingerprint density at radius 3 is 2.67 bits per heavy atom. The van der Waals surface area contributed by atoms with E-state index in [4.69, 9.17) is 0 Å². The summed E-state index contributed by atoms with van der Waals surface area (Å²) >= 11 is 3.39. The molecule has 3 N–H and O–H groups in total. The Morgan fingerprint density at radius 1 is 1.23 bits per heavy atom. The molecular formula is C21H18BrN3O5. The van der Waals surface area contributed by atoms with Crippen molar-refractivity contribution in [2.45, 2.75) is 31.3 Å². The Labute approximate surface area is 178 Å². The van der Waals surface area contributed by atoms with E-state index in [-0.39, 0.29) is 12.8 Å². The molecule has 2 aromatic carbocycles. The predicted molar refractivity (Wildman–Crippen MR) is 114 cm³/mol. The van der Waals surface area contributed by atoms with Crippen molar-refractivity contribution in [2.24, 2.45) is 0 Å². The van der Waals surface area contributed by atoms with Gasteiger partial charge in [0.1, 0.15) is 12.1 Å². The number of aromatic amines is 1. The standard InChI is InChI=1S/C21H18BrN3O5/c22-13-9-12-6-7-16(25-17(12)14(10-13)23-19(27)20(25)28)18(26)24-15(21(29)30)8-11-4-2-1-3-5-11/h1-5,9-10,15-16H,6-8H2,(H,23,27)(H,24,26)(H,29,30)/t15-,16?/m1/s1. The van der Waals surface area contributed by atoms with Crippen LogP contribution in [0.4, 0.5) is 0 Å². The molecule has 1 aliphatic rings. The highest BCUT2D eigenvalue weighted by atomic mass is 79.9. The summed E-state index contributed by atoms with van der Waals surface area (Å²) in [6.45, 7) is 0. The molecule has 1 amide bonds. The Hall–Kier alpha value is -3.20. The van der Waals surface area contributed by atoms with E-state index in [1.807, 2.05) is 12.1 Å². The molecule has 2 atom stereocenters. The molecule has 8 nitrogen and oxygen atoms in total. The van der Waals surface area contributed by atoms with Gasteiger partial charge < -0.3 is 15.4 Å². The van der Waals surface area contributed by atoms with Crippen molar-refractivity contribution in [3.05, 3.63) is 78.8 Å². The first-order chi connectivity index (χ1) is 14.3. The van der Waals surface area contributed by atoms with Crippen LogP contribution in [0.5, 0.6) is 0 Å². The number of amides is 1. The van der Waals surface area contributed by atoms with Crippen LogP contribution in [0.2, 0.25) is 0 Å². The lowest BCUT2D eigenvalue weighted by atomic mass is 9.97. The summed E-state index contributed by atoms with van der Waals surface area (Å²) in [6.07, 6.45) is 0.902. The van der Waals surface area contributed by atoms with E-state index in [2.05, 4.69) is 26.2 Å². The number of nitrogens with one attached hydrogen (secondary N) is 2. The first-order valence-electron chi connectivity index (χ1n) is 9.39. The number of carbonyl (C=O) groups is 2. The highest BCUT2D eigenvalue weighted by Crippen LogP contribution is 2.30. The molecule has 9 heteroatoms. The lowest BCUT2D eigenvalue weighted by Gasteiger charge is -2.28. The fourth-order valence-corrected chi connectivity index (χ4v) is 4.40. The van der Waals surface area contributed by atoms with Crippen molar-refractivity contribution in [2.75, 3.05) is 0 Å². The molecule has 1 aromatic heterocycles. The van der Waals surface area contributed by atoms with Gasteiger partial charge in [-0.2, -0.15) is 0 Å². The molecule has 4 rings (SSSR count). The van der Waals surface area contributed by atoms with Gasteiger partial charge in [-0.25, -0.2) is 4.79 Å². The molecular weight excluding hydrogens is 454 g/mol. The number of H-pyrrole nitrogens is 1. The highest BCUT2D eigenvalue weighted by molar-refractivity contribution is 9.10. The molecule has 0 radical (unpaired) electrons. The third kappa shape index (κ3) is 3.68. The van der Waals surface area contributed by atoms with E-state index in [0.717, 1.165) is 15.6 Å². The van der Waals surface area contributed by atoms with Crippen molar-refractivity contribution in [3.63, 3.8) is 0 Å². The van der Waals surface area contributed by atoms with E-state index in [0.29, 0.717) is 17.5 Å². The van der Waals surface area contributed by atoms with Crippen LogP contribution in [0.25, 0.3) is 11.0 Å². The van der Waals surface area contributed by atoms with Gasteiger partial charge in [-0.15, -0.1) is 0 Å². The Kier molecular flexibility index (Phi) is 5.29. The number of aromatic nitrogens is 2. The fraction of sp³-hybridized carbons (Fsp3) is 0.238. The molecule has 2 heterocycles. The summed E-state index contributed by atoms with van der Waals surface area (Å²) in [5.74, 6) is -1.77. The highest BCUT2D eigenvalue weighted by Gasteiger charge is 2.32. The maximum Gasteiger partial charge on any atom is 0.326 e. The first-order valence-corrected chi connectivity index (χ1v) is 10.2. The van der Waals surface area contributed by atoms with E-state index in [9.17, 15) is 24.3 Å². The minimum Gasteiger partial charge on any atom is -0.480 e. The number of aryl methyl sites for hydroxylation is 1. The number of rotatable bonds is 5. The zero-order valence-electron chi connectivity index (χ0n) is 15.7. The number of hydrogen-bond acceptors (Lipinski definition) is 4. The number of hydrogen-bond donors (Lipinski definition) is 3. The molecule has 154 valence electrons. The molecule has 0 spiro atoms. The maximum atomic E-state index is 13.0. The average molecular weight is 472 g/mol. The third-order valence-corrected chi connectivity index (χ3v) is 5.71. The molecule has 0 bridgehead atoms. The van der Waals surface area contributed by atoms with Crippen molar-refractivity contribution in [3.8, 4) is 0 Å². The predicted octanol–water partition coefficient (Wildman–Crippen LogP) is 1.75. The van der Waals surface area contributed by atoms with Crippen LogP contribution >= 0.6 is 15.9 Å². The van der Waals surface area contributed by atoms with Gasteiger partial charge >= 0.3 is 17.1 Å². The zero-order chi connectivity index (χ0) is 21.4. The lowest BCUT2D eigenvalue weighted by molar-refractivity contribution is -0.142. The smallest absolute Gasteiger partial charge is 0.326 e. The molecule has 0 saturated heterocycles. The normalized spacial score (nSPS) is 16.2. The van der Waals surface area contributed by atoms with Crippen LogP contribution in [0.1, 0.15) is 23.6 Å². The number of nitrogens with zero attached hydrogens (tertiary/aromatic N) is 1. The van der Waals surface area contributed by atoms with Gasteiger partial charge in [0.2, 0.25) is 5.91 Å². The van der Waals surface area contributed by atoms with Crippen molar-refractivity contribution in [1.82, 2.24) is 14.9 Å². The number of halogens is 1. The Balaban J connectivity index is 1.71. The SMILES string of the molecule is O=C(N[C@H](Cc1ccccc1)C(=O)O)C1CCc2cc(Br)cc3[nH]c(=O)c(=O)n1c23. The van der Waals surface area contributed by atoms with E-state index < -0.39 is 35.1 Å². The first kappa shape index (κ1) is 20.1.